The molecule has 46 valence electrons. The highest BCUT2D eigenvalue weighted by atomic mass is 16.5. The summed E-state index contributed by atoms with van der Waals surface area (Å²) in [7, 11) is 3.67. The van der Waals surface area contributed by atoms with Gasteiger partial charge in [-0.2, -0.15) is 5.01 Å². The van der Waals surface area contributed by atoms with Crippen LogP contribution < -0.4 is 5.10 Å². The van der Waals surface area contributed by atoms with E-state index >= 15 is 0 Å². The fraction of sp³-hybridized carbons (Fsp3) is 0.800. The molecule has 0 aliphatic carbocycles. The second-order valence-electron chi connectivity index (χ2n) is 1.87. The lowest BCUT2D eigenvalue weighted by atomic mass is 10.4. The average Bonchev–Trinajstić information content (AvgIpc) is 2.14. The Kier molecular flexibility index (Phi) is 1.48. The third-order valence-corrected chi connectivity index (χ3v) is 1.32. The molecule has 1 unspecified atom stereocenters. The lowest BCUT2D eigenvalue weighted by Crippen LogP contribution is -2.77. The van der Waals surface area contributed by atoms with Gasteiger partial charge >= 0.3 is 0 Å². The van der Waals surface area contributed by atoms with Gasteiger partial charge in [0.25, 0.3) is 0 Å². The molecule has 0 spiro atoms. The average molecular weight is 115 g/mol. The lowest BCUT2D eigenvalue weighted by Gasteiger charge is -2.10. The van der Waals surface area contributed by atoms with E-state index in [0.717, 1.165) is 6.42 Å². The molecule has 0 radical (unpaired) electrons. The van der Waals surface area contributed by atoms with Crippen LogP contribution >= 0.6 is 0 Å². The molecule has 1 rings (SSSR count). The topological polar surface area (TPSA) is 26.4 Å². The van der Waals surface area contributed by atoms with Gasteiger partial charge in [0.15, 0.2) is 12.4 Å². The van der Waals surface area contributed by atoms with E-state index in [9.17, 15) is 0 Å². The van der Waals surface area contributed by atoms with Crippen LogP contribution in [0.5, 0.6) is 0 Å². The van der Waals surface area contributed by atoms with Gasteiger partial charge in [-0.25, -0.2) is 0 Å². The first-order chi connectivity index (χ1) is 3.84. The quantitative estimate of drug-likeness (QED) is 0.443. The lowest BCUT2D eigenvalue weighted by molar-refractivity contribution is -0.642. The number of rotatable bonds is 1. The zero-order valence-corrected chi connectivity index (χ0v) is 5.22. The van der Waals surface area contributed by atoms with E-state index in [0.29, 0.717) is 0 Å². The minimum Gasteiger partial charge on any atom is -0.356 e. The van der Waals surface area contributed by atoms with E-state index in [2.05, 4.69) is 5.10 Å². The van der Waals surface area contributed by atoms with Gasteiger partial charge in [0.2, 0.25) is 0 Å². The van der Waals surface area contributed by atoms with Crippen molar-refractivity contribution in [1.29, 1.82) is 0 Å². The third-order valence-electron chi connectivity index (χ3n) is 1.32. The Morgan fingerprint density at radius 1 is 1.88 bits per heavy atom. The Bertz CT molecular complexity index is 103. The maximum Gasteiger partial charge on any atom is 0.189 e. The summed E-state index contributed by atoms with van der Waals surface area (Å²) >= 11 is 0. The fourth-order valence-corrected chi connectivity index (χ4v) is 0.793. The number of hydrazone groups is 1. The van der Waals surface area contributed by atoms with Crippen LogP contribution in [0, 0.1) is 0 Å². The van der Waals surface area contributed by atoms with Crippen LogP contribution in [0.1, 0.15) is 6.42 Å². The summed E-state index contributed by atoms with van der Waals surface area (Å²) in [6.07, 6.45) is 3.18. The molecule has 0 aromatic heterocycles. The molecule has 3 nitrogen and oxygen atoms in total. The highest BCUT2D eigenvalue weighted by Gasteiger charge is 2.20. The van der Waals surface area contributed by atoms with Crippen LogP contribution in [0.15, 0.2) is 0 Å². The van der Waals surface area contributed by atoms with Gasteiger partial charge in [-0.05, 0) is 0 Å². The highest BCUT2D eigenvalue weighted by molar-refractivity contribution is 5.51. The van der Waals surface area contributed by atoms with Crippen molar-refractivity contribution in [1.82, 2.24) is 5.01 Å². The first-order valence-corrected chi connectivity index (χ1v) is 2.68. The highest BCUT2D eigenvalue weighted by Crippen LogP contribution is 1.95. The number of ether oxygens (including phenoxy) is 1. The molecule has 3 heteroatoms. The molecule has 0 amide bonds. The molecule has 8 heavy (non-hydrogen) atoms. The molecule has 1 N–H and O–H groups in total. The molecule has 0 aromatic carbocycles. The summed E-state index contributed by atoms with van der Waals surface area (Å²) < 4.78 is 5.06. The van der Waals surface area contributed by atoms with Gasteiger partial charge in [0.05, 0.1) is 13.5 Å². The standard InChI is InChI=1S/C5H10N2O/c1-7-5(8-2)3-4-6-7/h4-5H,3H2,1-2H3/p+1. The first kappa shape index (κ1) is 5.56. The van der Waals surface area contributed by atoms with Crippen LogP contribution in [0.4, 0.5) is 0 Å². The summed E-state index contributed by atoms with van der Waals surface area (Å²) in [5.41, 5.74) is 0. The smallest absolute Gasteiger partial charge is 0.189 e. The Morgan fingerprint density at radius 2 is 2.62 bits per heavy atom. The largest absolute Gasteiger partial charge is 0.356 e. The van der Waals surface area contributed by atoms with Crippen molar-refractivity contribution in [3.8, 4) is 0 Å². The van der Waals surface area contributed by atoms with Crippen molar-refractivity contribution in [3.63, 3.8) is 0 Å². The Balaban J connectivity index is 2.38. The van der Waals surface area contributed by atoms with Crippen molar-refractivity contribution in [2.45, 2.75) is 12.6 Å². The minimum atomic E-state index is 0.231. The summed E-state index contributed by atoms with van der Waals surface area (Å²) in [6, 6.07) is 0. The number of hydrazine groups is 1. The van der Waals surface area contributed by atoms with E-state index in [-0.39, 0.29) is 6.23 Å². The molecule has 1 heterocycles. The molecule has 0 fully saturated rings. The molecule has 0 saturated heterocycles. The predicted octanol–water partition coefficient (Wildman–Crippen LogP) is -1.64. The van der Waals surface area contributed by atoms with Crippen LogP contribution in [-0.4, -0.2) is 31.6 Å². The number of methoxy groups -OCH3 is 1. The van der Waals surface area contributed by atoms with Crippen molar-refractivity contribution in [2.24, 2.45) is 0 Å². The van der Waals surface area contributed by atoms with Crippen molar-refractivity contribution in [2.75, 3.05) is 14.2 Å². The minimum absolute atomic E-state index is 0.231. The van der Waals surface area contributed by atoms with Crippen LogP contribution in [-0.2, 0) is 4.74 Å². The number of hydrogen-bond acceptors (Lipinski definition) is 2. The van der Waals surface area contributed by atoms with Gasteiger partial charge < -0.3 is 4.74 Å². The third kappa shape index (κ3) is 0.816. The Labute approximate surface area is 48.9 Å². The molecular formula is C5H11N2O+. The van der Waals surface area contributed by atoms with Crippen molar-refractivity contribution < 1.29 is 9.84 Å². The van der Waals surface area contributed by atoms with Gasteiger partial charge in [0.1, 0.15) is 0 Å². The number of nitrogens with one attached hydrogen (secondary N) is 1. The van der Waals surface area contributed by atoms with Crippen molar-refractivity contribution in [3.05, 3.63) is 0 Å². The molecule has 0 bridgehead atoms. The van der Waals surface area contributed by atoms with Crippen LogP contribution in [0.25, 0.3) is 0 Å². The van der Waals surface area contributed by atoms with Crippen molar-refractivity contribution >= 4 is 6.21 Å². The van der Waals surface area contributed by atoms with Gasteiger partial charge in [-0.15, -0.1) is 5.10 Å². The predicted molar refractivity (Wildman–Crippen MR) is 30.2 cm³/mol. The number of nitrogens with zero attached hydrogens (tertiary/aromatic N) is 1. The van der Waals surface area contributed by atoms with Gasteiger partial charge in [-0.3, -0.25) is 0 Å². The molecule has 1 atom stereocenters. The SMILES string of the molecule is COC1CC=[NH+]N1C. The monoisotopic (exact) mass is 115 g/mol. The Hall–Kier alpha value is -0.570. The second kappa shape index (κ2) is 2.13. The summed E-state index contributed by atoms with van der Waals surface area (Å²) in [5, 5.41) is 4.93. The fourth-order valence-electron chi connectivity index (χ4n) is 0.793. The summed E-state index contributed by atoms with van der Waals surface area (Å²) in [4.78, 5) is 0. The maximum atomic E-state index is 5.06. The maximum absolute atomic E-state index is 5.06. The summed E-state index contributed by atoms with van der Waals surface area (Å²) in [5.74, 6) is 0. The van der Waals surface area contributed by atoms with Gasteiger partial charge in [-0.1, -0.05) is 0 Å². The molecule has 1 aliphatic rings. The first-order valence-electron chi connectivity index (χ1n) is 2.68. The zero-order valence-electron chi connectivity index (χ0n) is 5.22. The zero-order chi connectivity index (χ0) is 5.98. The Morgan fingerprint density at radius 3 is 2.88 bits per heavy atom. The van der Waals surface area contributed by atoms with Gasteiger partial charge in [0, 0.05) is 7.11 Å². The molecule has 0 aromatic rings. The second-order valence-corrected chi connectivity index (χ2v) is 1.87. The van der Waals surface area contributed by atoms with E-state index in [1.54, 1.807) is 7.11 Å². The van der Waals surface area contributed by atoms with E-state index in [1.165, 1.54) is 0 Å². The normalized spacial score (nSPS) is 27.2. The van der Waals surface area contributed by atoms with E-state index in [4.69, 9.17) is 4.74 Å². The molecule has 1 aliphatic heterocycles. The van der Waals surface area contributed by atoms with E-state index < -0.39 is 0 Å². The van der Waals surface area contributed by atoms with Crippen LogP contribution in [0.2, 0.25) is 0 Å². The number of hydrogen-bond donors (Lipinski definition) is 1. The van der Waals surface area contributed by atoms with E-state index in [1.807, 2.05) is 18.3 Å². The summed E-state index contributed by atoms with van der Waals surface area (Å²) in [6.45, 7) is 0. The molecule has 0 saturated carbocycles. The molecular weight excluding hydrogens is 104 g/mol. The van der Waals surface area contributed by atoms with Crippen LogP contribution in [0.3, 0.4) is 0 Å².